The summed E-state index contributed by atoms with van der Waals surface area (Å²) in [5, 5.41) is 10.5. The van der Waals surface area contributed by atoms with Crippen molar-refractivity contribution >= 4 is 0 Å². The predicted molar refractivity (Wildman–Crippen MR) is 141 cm³/mol. The summed E-state index contributed by atoms with van der Waals surface area (Å²) in [7, 11) is 0. The van der Waals surface area contributed by atoms with Gasteiger partial charge < -0.3 is 9.84 Å². The average Bonchev–Trinajstić information content (AvgIpc) is 3.10. The summed E-state index contributed by atoms with van der Waals surface area (Å²) in [6.07, 6.45) is 17.5. The van der Waals surface area contributed by atoms with Crippen molar-refractivity contribution in [2.24, 2.45) is 35.0 Å². The van der Waals surface area contributed by atoms with E-state index in [1.165, 1.54) is 37.7 Å². The topological polar surface area (TPSA) is 29.5 Å². The molecule has 2 nitrogen and oxygen atoms in total. The SMILES string of the molecule is C=C1C(=CC=C2CCCC3(C)C2CCC3C(C)C=CC(C)C(C)C)CC(OC(C)C)CC1O. The Morgan fingerprint density at radius 1 is 1.06 bits per heavy atom. The average molecular weight is 455 g/mol. The smallest absolute Gasteiger partial charge is 0.0811 e. The van der Waals surface area contributed by atoms with Crippen LogP contribution >= 0.6 is 0 Å². The van der Waals surface area contributed by atoms with Crippen LogP contribution in [0.5, 0.6) is 0 Å². The monoisotopic (exact) mass is 454 g/mol. The first-order valence-electron chi connectivity index (χ1n) is 13.6. The molecule has 7 atom stereocenters. The van der Waals surface area contributed by atoms with Gasteiger partial charge in [-0.1, -0.05) is 71.1 Å². The third kappa shape index (κ3) is 6.12. The second kappa shape index (κ2) is 11.1. The Kier molecular flexibility index (Phi) is 8.89. The van der Waals surface area contributed by atoms with Crippen molar-refractivity contribution in [2.45, 2.75) is 112 Å². The van der Waals surface area contributed by atoms with Crippen LogP contribution in [-0.4, -0.2) is 23.4 Å². The lowest BCUT2D eigenvalue weighted by molar-refractivity contribution is -0.0207. The molecule has 3 rings (SSSR count). The van der Waals surface area contributed by atoms with Gasteiger partial charge in [0.05, 0.1) is 18.3 Å². The van der Waals surface area contributed by atoms with Crippen molar-refractivity contribution in [3.8, 4) is 0 Å². The lowest BCUT2D eigenvalue weighted by atomic mass is 9.61. The zero-order valence-electron chi connectivity index (χ0n) is 22.4. The van der Waals surface area contributed by atoms with Crippen LogP contribution in [0.1, 0.15) is 93.4 Å². The third-order valence-corrected chi connectivity index (χ3v) is 9.15. The molecule has 33 heavy (non-hydrogen) atoms. The minimum absolute atomic E-state index is 0.0866. The van der Waals surface area contributed by atoms with E-state index in [1.807, 2.05) is 0 Å². The number of aliphatic hydroxyl groups is 1. The number of fused-ring (bicyclic) bond motifs is 1. The van der Waals surface area contributed by atoms with Crippen molar-refractivity contribution in [3.05, 3.63) is 47.6 Å². The Morgan fingerprint density at radius 2 is 1.79 bits per heavy atom. The van der Waals surface area contributed by atoms with Gasteiger partial charge in [0.2, 0.25) is 0 Å². The fraction of sp³-hybridized carbons (Fsp3) is 0.742. The number of aliphatic hydroxyl groups excluding tert-OH is 1. The minimum Gasteiger partial charge on any atom is -0.388 e. The van der Waals surface area contributed by atoms with E-state index in [-0.39, 0.29) is 12.2 Å². The maximum Gasteiger partial charge on any atom is 0.0811 e. The first-order chi connectivity index (χ1) is 15.5. The Balaban J connectivity index is 1.76. The number of hydrogen-bond acceptors (Lipinski definition) is 2. The number of ether oxygens (including phenoxy) is 1. The van der Waals surface area contributed by atoms with E-state index in [1.54, 1.807) is 5.57 Å². The highest BCUT2D eigenvalue weighted by Crippen LogP contribution is 2.59. The summed E-state index contributed by atoms with van der Waals surface area (Å²) >= 11 is 0. The van der Waals surface area contributed by atoms with Gasteiger partial charge in [0.25, 0.3) is 0 Å². The van der Waals surface area contributed by atoms with E-state index in [0.29, 0.717) is 35.5 Å². The molecule has 0 aromatic carbocycles. The summed E-state index contributed by atoms with van der Waals surface area (Å²) in [4.78, 5) is 0. The van der Waals surface area contributed by atoms with Gasteiger partial charge in [-0.25, -0.2) is 0 Å². The van der Waals surface area contributed by atoms with Gasteiger partial charge >= 0.3 is 0 Å². The lowest BCUT2D eigenvalue weighted by Crippen LogP contribution is -2.35. The van der Waals surface area contributed by atoms with Gasteiger partial charge in [-0.15, -0.1) is 0 Å². The molecule has 3 fully saturated rings. The molecular formula is C31H50O2. The van der Waals surface area contributed by atoms with E-state index >= 15 is 0 Å². The summed E-state index contributed by atoms with van der Waals surface area (Å²) < 4.78 is 6.04. The van der Waals surface area contributed by atoms with Gasteiger partial charge in [0.15, 0.2) is 0 Å². The summed E-state index contributed by atoms with van der Waals surface area (Å²) in [6, 6.07) is 0. The summed E-state index contributed by atoms with van der Waals surface area (Å²) in [5.74, 6) is 3.45. The van der Waals surface area contributed by atoms with Gasteiger partial charge in [0.1, 0.15) is 0 Å². The first kappa shape index (κ1) is 26.5. The molecule has 0 spiro atoms. The predicted octanol–water partition coefficient (Wildman–Crippen LogP) is 8.04. The quantitative estimate of drug-likeness (QED) is 0.394. The largest absolute Gasteiger partial charge is 0.388 e. The summed E-state index contributed by atoms with van der Waals surface area (Å²) in [5.41, 5.74) is 4.09. The van der Waals surface area contributed by atoms with Crippen LogP contribution in [-0.2, 0) is 4.74 Å². The van der Waals surface area contributed by atoms with Crippen LogP contribution in [0, 0.1) is 35.0 Å². The highest BCUT2D eigenvalue weighted by Gasteiger charge is 2.50. The number of hydrogen-bond donors (Lipinski definition) is 1. The van der Waals surface area contributed by atoms with Gasteiger partial charge in [-0.2, -0.15) is 0 Å². The molecule has 3 aliphatic carbocycles. The molecule has 0 aliphatic heterocycles. The van der Waals surface area contributed by atoms with Crippen LogP contribution in [0.25, 0.3) is 0 Å². The second-order valence-electron chi connectivity index (χ2n) is 12.2. The molecule has 186 valence electrons. The molecule has 3 saturated carbocycles. The van der Waals surface area contributed by atoms with Crippen molar-refractivity contribution in [3.63, 3.8) is 0 Å². The Bertz CT molecular complexity index is 770. The Hall–Kier alpha value is -1.12. The number of rotatable bonds is 7. The first-order valence-corrected chi connectivity index (χ1v) is 13.6. The van der Waals surface area contributed by atoms with Crippen LogP contribution in [0.4, 0.5) is 0 Å². The molecule has 7 unspecified atom stereocenters. The molecule has 3 aliphatic rings. The molecule has 0 bridgehead atoms. The highest BCUT2D eigenvalue weighted by molar-refractivity contribution is 5.39. The van der Waals surface area contributed by atoms with Gasteiger partial charge in [-0.05, 0) is 98.5 Å². The van der Waals surface area contributed by atoms with Crippen molar-refractivity contribution in [1.82, 2.24) is 0 Å². The zero-order chi connectivity index (χ0) is 24.3. The Labute approximate surface area is 204 Å². The molecule has 0 radical (unpaired) electrons. The highest BCUT2D eigenvalue weighted by atomic mass is 16.5. The van der Waals surface area contributed by atoms with E-state index in [4.69, 9.17) is 4.74 Å². The van der Waals surface area contributed by atoms with E-state index < -0.39 is 6.10 Å². The van der Waals surface area contributed by atoms with Gasteiger partial charge in [0, 0.05) is 6.42 Å². The minimum atomic E-state index is -0.486. The van der Waals surface area contributed by atoms with Crippen LogP contribution in [0.3, 0.4) is 0 Å². The van der Waals surface area contributed by atoms with Crippen molar-refractivity contribution in [2.75, 3.05) is 0 Å². The van der Waals surface area contributed by atoms with Crippen LogP contribution in [0.15, 0.2) is 47.6 Å². The maximum absolute atomic E-state index is 10.5. The molecular weight excluding hydrogens is 404 g/mol. The normalized spacial score (nSPS) is 37.5. The number of allylic oxidation sites excluding steroid dienone is 5. The van der Waals surface area contributed by atoms with E-state index in [9.17, 15) is 5.11 Å². The van der Waals surface area contributed by atoms with E-state index in [2.05, 4.69) is 79.3 Å². The lowest BCUT2D eigenvalue weighted by Gasteiger charge is -2.44. The van der Waals surface area contributed by atoms with Crippen LogP contribution < -0.4 is 0 Å². The molecule has 0 amide bonds. The van der Waals surface area contributed by atoms with Crippen LogP contribution in [0.2, 0.25) is 0 Å². The summed E-state index contributed by atoms with van der Waals surface area (Å²) in [6.45, 7) is 20.3. The molecule has 0 saturated heterocycles. The standard InChI is InChI=1S/C31H50O2/c1-20(2)22(5)11-12-23(6)28-15-16-29-25(10-9-17-31(28,29)8)13-14-26-18-27(33-21(3)4)19-30(32)24(26)7/h11-14,20-23,27-30,32H,7,9-10,15-19H2,1-6,8H3. The molecule has 2 heteroatoms. The zero-order valence-corrected chi connectivity index (χ0v) is 22.4. The van der Waals surface area contributed by atoms with Crippen molar-refractivity contribution < 1.29 is 9.84 Å². The Morgan fingerprint density at radius 3 is 2.45 bits per heavy atom. The molecule has 0 aromatic rings. The fourth-order valence-electron chi connectivity index (χ4n) is 6.79. The van der Waals surface area contributed by atoms with Gasteiger partial charge in [-0.3, -0.25) is 0 Å². The maximum atomic E-state index is 10.5. The molecule has 0 aromatic heterocycles. The third-order valence-electron chi connectivity index (χ3n) is 9.15. The molecule has 0 heterocycles. The molecule has 1 N–H and O–H groups in total. The second-order valence-corrected chi connectivity index (χ2v) is 12.2. The van der Waals surface area contributed by atoms with E-state index in [0.717, 1.165) is 17.9 Å². The fourth-order valence-corrected chi connectivity index (χ4v) is 6.79. The van der Waals surface area contributed by atoms with Crippen molar-refractivity contribution in [1.29, 1.82) is 0 Å².